The second-order valence-corrected chi connectivity index (χ2v) is 7.17. The standard InChI is InChI=1S/C21H15N3OS/c22-19(25)17-15-10-11-26-21(15)23-20-18(17)14-8-4-5-9-16(14)24(20)12-13-6-2-1-3-7-13/h1-11H,12H2,(H2,22,25). The monoisotopic (exact) mass is 357 g/mol. The van der Waals surface area contributed by atoms with Crippen LogP contribution in [0, 0.1) is 0 Å². The van der Waals surface area contributed by atoms with Crippen LogP contribution in [0.2, 0.25) is 0 Å². The summed E-state index contributed by atoms with van der Waals surface area (Å²) in [7, 11) is 0. The van der Waals surface area contributed by atoms with Gasteiger partial charge in [0.25, 0.3) is 0 Å². The van der Waals surface area contributed by atoms with Gasteiger partial charge in [0.15, 0.2) is 0 Å². The highest BCUT2D eigenvalue weighted by atomic mass is 32.1. The van der Waals surface area contributed by atoms with Crippen molar-refractivity contribution in [1.29, 1.82) is 0 Å². The number of nitrogens with zero attached hydrogens (tertiary/aromatic N) is 2. The molecule has 2 aromatic carbocycles. The number of aromatic nitrogens is 2. The topological polar surface area (TPSA) is 60.9 Å². The van der Waals surface area contributed by atoms with Gasteiger partial charge in [0.2, 0.25) is 5.91 Å². The lowest BCUT2D eigenvalue weighted by molar-refractivity contribution is 0.100. The number of fused-ring (bicyclic) bond motifs is 4. The molecule has 0 atom stereocenters. The van der Waals surface area contributed by atoms with Crippen LogP contribution in [0.3, 0.4) is 0 Å². The number of primary amides is 1. The summed E-state index contributed by atoms with van der Waals surface area (Å²) in [5, 5.41) is 4.63. The van der Waals surface area contributed by atoms with Crippen molar-refractivity contribution < 1.29 is 4.79 Å². The molecule has 0 bridgehead atoms. The molecular weight excluding hydrogens is 342 g/mol. The predicted molar refractivity (Wildman–Crippen MR) is 107 cm³/mol. The summed E-state index contributed by atoms with van der Waals surface area (Å²) in [6.07, 6.45) is 0. The largest absolute Gasteiger partial charge is 0.366 e. The van der Waals surface area contributed by atoms with Crippen molar-refractivity contribution in [2.45, 2.75) is 6.54 Å². The lowest BCUT2D eigenvalue weighted by Gasteiger charge is -2.08. The van der Waals surface area contributed by atoms with E-state index in [2.05, 4.69) is 22.8 Å². The molecule has 0 unspecified atom stereocenters. The van der Waals surface area contributed by atoms with Gasteiger partial charge in [-0.25, -0.2) is 4.98 Å². The second-order valence-electron chi connectivity index (χ2n) is 6.28. The average molecular weight is 357 g/mol. The van der Waals surface area contributed by atoms with E-state index in [4.69, 9.17) is 10.7 Å². The number of nitrogens with two attached hydrogens (primary N) is 1. The summed E-state index contributed by atoms with van der Waals surface area (Å²) in [6, 6.07) is 20.3. The molecule has 126 valence electrons. The second kappa shape index (κ2) is 5.68. The lowest BCUT2D eigenvalue weighted by Crippen LogP contribution is -2.12. The number of carbonyl (C=O) groups is 1. The summed E-state index contributed by atoms with van der Waals surface area (Å²) < 4.78 is 2.17. The van der Waals surface area contributed by atoms with Crippen LogP contribution in [0.5, 0.6) is 0 Å². The number of rotatable bonds is 3. The summed E-state index contributed by atoms with van der Waals surface area (Å²) in [4.78, 5) is 18.1. The fourth-order valence-electron chi connectivity index (χ4n) is 3.64. The zero-order valence-electron chi connectivity index (χ0n) is 13.8. The van der Waals surface area contributed by atoms with E-state index in [0.717, 1.165) is 32.2 Å². The van der Waals surface area contributed by atoms with E-state index in [1.54, 1.807) is 0 Å². The maximum atomic E-state index is 12.3. The normalized spacial score (nSPS) is 11.5. The number of carbonyl (C=O) groups excluding carboxylic acids is 1. The Labute approximate surface area is 153 Å². The zero-order valence-corrected chi connectivity index (χ0v) is 14.7. The highest BCUT2D eigenvalue weighted by Gasteiger charge is 2.21. The summed E-state index contributed by atoms with van der Waals surface area (Å²) in [5.41, 5.74) is 9.39. The van der Waals surface area contributed by atoms with Crippen molar-refractivity contribution in [3.05, 3.63) is 77.2 Å². The minimum absolute atomic E-state index is 0.414. The Morgan fingerprint density at radius 1 is 1.00 bits per heavy atom. The van der Waals surface area contributed by atoms with Gasteiger partial charge < -0.3 is 10.3 Å². The van der Waals surface area contributed by atoms with Crippen LogP contribution >= 0.6 is 11.3 Å². The maximum Gasteiger partial charge on any atom is 0.250 e. The Balaban J connectivity index is 1.94. The lowest BCUT2D eigenvalue weighted by atomic mass is 10.1. The number of para-hydroxylation sites is 1. The first kappa shape index (κ1) is 15.1. The molecule has 0 aliphatic heterocycles. The van der Waals surface area contributed by atoms with E-state index in [1.165, 1.54) is 16.9 Å². The number of benzene rings is 2. The molecule has 0 fully saturated rings. The Bertz CT molecular complexity index is 1280. The van der Waals surface area contributed by atoms with Crippen LogP contribution in [0.25, 0.3) is 32.2 Å². The van der Waals surface area contributed by atoms with Crippen molar-refractivity contribution in [3.8, 4) is 0 Å². The molecule has 4 nitrogen and oxygen atoms in total. The van der Waals surface area contributed by atoms with Gasteiger partial charge in [-0.2, -0.15) is 0 Å². The molecule has 5 aromatic rings. The SMILES string of the molecule is NC(=O)c1c2ccsc2nc2c1c1ccccc1n2Cc1ccccc1. The van der Waals surface area contributed by atoms with Crippen LogP contribution in [0.1, 0.15) is 15.9 Å². The smallest absolute Gasteiger partial charge is 0.250 e. The van der Waals surface area contributed by atoms with Gasteiger partial charge in [0.1, 0.15) is 10.5 Å². The third-order valence-electron chi connectivity index (χ3n) is 4.74. The predicted octanol–water partition coefficient (Wildman–Crippen LogP) is 4.55. The quantitative estimate of drug-likeness (QED) is 0.515. The Morgan fingerprint density at radius 2 is 1.77 bits per heavy atom. The summed E-state index contributed by atoms with van der Waals surface area (Å²) in [5.74, 6) is -0.414. The Kier molecular flexibility index (Phi) is 3.30. The average Bonchev–Trinajstić information content (AvgIpc) is 3.24. The van der Waals surface area contributed by atoms with E-state index in [-0.39, 0.29) is 0 Å². The van der Waals surface area contributed by atoms with Gasteiger partial charge in [0, 0.05) is 22.7 Å². The number of amides is 1. The van der Waals surface area contributed by atoms with Gasteiger partial charge in [0.05, 0.1) is 11.1 Å². The molecule has 1 amide bonds. The molecule has 26 heavy (non-hydrogen) atoms. The number of hydrogen-bond acceptors (Lipinski definition) is 3. The Morgan fingerprint density at radius 3 is 2.58 bits per heavy atom. The van der Waals surface area contributed by atoms with Crippen molar-refractivity contribution >= 4 is 49.4 Å². The minimum Gasteiger partial charge on any atom is -0.366 e. The van der Waals surface area contributed by atoms with Crippen molar-refractivity contribution in [2.24, 2.45) is 5.73 Å². The molecule has 0 radical (unpaired) electrons. The number of pyridine rings is 1. The van der Waals surface area contributed by atoms with Crippen molar-refractivity contribution in [1.82, 2.24) is 9.55 Å². The van der Waals surface area contributed by atoms with E-state index in [9.17, 15) is 4.79 Å². The first-order valence-electron chi connectivity index (χ1n) is 8.36. The Hall–Kier alpha value is -3.18. The van der Waals surface area contributed by atoms with Crippen LogP contribution in [-0.4, -0.2) is 15.5 Å². The third kappa shape index (κ3) is 2.14. The fraction of sp³-hybridized carbons (Fsp3) is 0.0476. The van der Waals surface area contributed by atoms with Gasteiger partial charge in [-0.3, -0.25) is 4.79 Å². The molecule has 0 saturated heterocycles. The summed E-state index contributed by atoms with van der Waals surface area (Å²) >= 11 is 1.53. The van der Waals surface area contributed by atoms with E-state index >= 15 is 0 Å². The maximum absolute atomic E-state index is 12.3. The van der Waals surface area contributed by atoms with E-state index in [1.807, 2.05) is 47.8 Å². The van der Waals surface area contributed by atoms with Crippen LogP contribution in [0.15, 0.2) is 66.0 Å². The first-order chi connectivity index (χ1) is 12.7. The highest BCUT2D eigenvalue weighted by Crippen LogP contribution is 2.36. The highest BCUT2D eigenvalue weighted by molar-refractivity contribution is 7.16. The first-order valence-corrected chi connectivity index (χ1v) is 9.24. The van der Waals surface area contributed by atoms with Gasteiger partial charge in [-0.15, -0.1) is 11.3 Å². The van der Waals surface area contributed by atoms with Gasteiger partial charge in [-0.05, 0) is 23.1 Å². The molecule has 5 heteroatoms. The molecule has 0 aliphatic carbocycles. The molecular formula is C21H15N3OS. The minimum atomic E-state index is -0.414. The zero-order chi connectivity index (χ0) is 17.7. The molecule has 3 aromatic heterocycles. The summed E-state index contributed by atoms with van der Waals surface area (Å²) in [6.45, 7) is 0.687. The number of hydrogen-bond donors (Lipinski definition) is 1. The van der Waals surface area contributed by atoms with Crippen LogP contribution < -0.4 is 5.73 Å². The van der Waals surface area contributed by atoms with Crippen LogP contribution in [0.4, 0.5) is 0 Å². The molecule has 0 aliphatic rings. The molecule has 3 heterocycles. The van der Waals surface area contributed by atoms with Crippen molar-refractivity contribution in [2.75, 3.05) is 0 Å². The van der Waals surface area contributed by atoms with Crippen molar-refractivity contribution in [3.63, 3.8) is 0 Å². The fourth-order valence-corrected chi connectivity index (χ4v) is 4.41. The molecule has 0 spiro atoms. The molecule has 5 rings (SSSR count). The van der Waals surface area contributed by atoms with Gasteiger partial charge >= 0.3 is 0 Å². The van der Waals surface area contributed by atoms with Crippen LogP contribution in [-0.2, 0) is 6.54 Å². The number of thiophene rings is 1. The van der Waals surface area contributed by atoms with Gasteiger partial charge in [-0.1, -0.05) is 48.5 Å². The van der Waals surface area contributed by atoms with E-state index < -0.39 is 5.91 Å². The molecule has 2 N–H and O–H groups in total. The van der Waals surface area contributed by atoms with E-state index in [0.29, 0.717) is 12.1 Å². The molecule has 0 saturated carbocycles. The third-order valence-corrected chi connectivity index (χ3v) is 5.55.